The minimum absolute atomic E-state index is 0.202. The summed E-state index contributed by atoms with van der Waals surface area (Å²) in [6, 6.07) is 12.0. The van der Waals surface area contributed by atoms with Crippen LogP contribution in [-0.4, -0.2) is 26.4 Å². The van der Waals surface area contributed by atoms with Crippen LogP contribution in [0, 0.1) is 11.3 Å². The van der Waals surface area contributed by atoms with Crippen molar-refractivity contribution >= 4 is 23.2 Å². The fourth-order valence-corrected chi connectivity index (χ4v) is 3.70. The fourth-order valence-electron chi connectivity index (χ4n) is 3.34. The van der Waals surface area contributed by atoms with Gasteiger partial charge in [0.25, 0.3) is 0 Å². The van der Waals surface area contributed by atoms with E-state index in [4.69, 9.17) is 37.4 Å². The molecule has 0 spiro atoms. The third-order valence-electron chi connectivity index (χ3n) is 4.45. The van der Waals surface area contributed by atoms with Crippen LogP contribution in [0.1, 0.15) is 34.6 Å². The van der Waals surface area contributed by atoms with Crippen LogP contribution in [0.5, 0.6) is 11.5 Å². The minimum atomic E-state index is 0.202. The smallest absolute Gasteiger partial charge is 0.188 e. The molecule has 0 fully saturated rings. The zero-order chi connectivity index (χ0) is 18.5. The van der Waals surface area contributed by atoms with Gasteiger partial charge >= 0.3 is 0 Å². The molecule has 136 valence electrons. The first-order valence-electron chi connectivity index (χ1n) is 8.34. The molecular weight excluding hydrogens is 373 g/mol. The molecule has 2 aromatic rings. The Hall–Kier alpha value is -1.93. The van der Waals surface area contributed by atoms with Crippen molar-refractivity contribution in [3.05, 3.63) is 57.6 Å². The first-order valence-corrected chi connectivity index (χ1v) is 9.26. The van der Waals surface area contributed by atoms with Crippen molar-refractivity contribution < 1.29 is 14.2 Å². The molecule has 26 heavy (non-hydrogen) atoms. The van der Waals surface area contributed by atoms with Crippen molar-refractivity contribution in [2.75, 3.05) is 26.4 Å². The van der Waals surface area contributed by atoms with Gasteiger partial charge in [-0.3, -0.25) is 0 Å². The maximum Gasteiger partial charge on any atom is 0.188 e. The Labute approximate surface area is 163 Å². The van der Waals surface area contributed by atoms with Gasteiger partial charge in [0.1, 0.15) is 18.4 Å². The number of benzene rings is 2. The molecule has 0 saturated heterocycles. The quantitative estimate of drug-likeness (QED) is 0.497. The van der Waals surface area contributed by atoms with Crippen molar-refractivity contribution in [2.24, 2.45) is 0 Å². The lowest BCUT2D eigenvalue weighted by atomic mass is 9.91. The first kappa shape index (κ1) is 18.8. The zero-order valence-electron chi connectivity index (χ0n) is 14.4. The highest BCUT2D eigenvalue weighted by atomic mass is 35.5. The van der Waals surface area contributed by atoms with Crippen molar-refractivity contribution in [3.63, 3.8) is 0 Å². The maximum absolute atomic E-state index is 9.47. The van der Waals surface area contributed by atoms with Gasteiger partial charge in [-0.05, 0) is 53.8 Å². The fraction of sp³-hybridized carbons (Fsp3) is 0.350. The molecule has 2 aromatic carbocycles. The average molecular weight is 392 g/mol. The second-order valence-corrected chi connectivity index (χ2v) is 6.82. The van der Waals surface area contributed by atoms with E-state index in [9.17, 15) is 5.26 Å². The summed E-state index contributed by atoms with van der Waals surface area (Å²) in [6.07, 6.45) is 1.92. The molecule has 6 heteroatoms. The summed E-state index contributed by atoms with van der Waals surface area (Å²) in [7, 11) is 1.60. The standard InChI is InChI=1S/C20H19Cl2NO3/c1-24-12-26-16-3-5-17-13(9-16)2-4-18(17)14-8-15(11-23)20(19(22)10-14)25-7-6-21/h3,5,8-10,18H,2,4,6-7,12H2,1H3. The summed E-state index contributed by atoms with van der Waals surface area (Å²) in [5, 5.41) is 9.92. The molecule has 0 heterocycles. The van der Waals surface area contributed by atoms with E-state index < -0.39 is 0 Å². The first-order chi connectivity index (χ1) is 12.7. The molecule has 0 radical (unpaired) electrons. The van der Waals surface area contributed by atoms with E-state index in [1.165, 1.54) is 11.1 Å². The number of ether oxygens (including phenoxy) is 3. The summed E-state index contributed by atoms with van der Waals surface area (Å²) >= 11 is 12.0. The molecular formula is C20H19Cl2NO3. The van der Waals surface area contributed by atoms with Gasteiger partial charge in [0.05, 0.1) is 16.5 Å². The van der Waals surface area contributed by atoms with Gasteiger partial charge in [0, 0.05) is 13.0 Å². The van der Waals surface area contributed by atoms with Crippen LogP contribution in [0.3, 0.4) is 0 Å². The highest BCUT2D eigenvalue weighted by Crippen LogP contribution is 2.42. The van der Waals surface area contributed by atoms with Gasteiger partial charge in [0.15, 0.2) is 12.5 Å². The molecule has 0 N–H and O–H groups in total. The van der Waals surface area contributed by atoms with Gasteiger partial charge in [0.2, 0.25) is 0 Å². The van der Waals surface area contributed by atoms with Gasteiger partial charge in [-0.25, -0.2) is 0 Å². The Morgan fingerprint density at radius 3 is 2.81 bits per heavy atom. The van der Waals surface area contributed by atoms with Crippen molar-refractivity contribution in [1.29, 1.82) is 5.26 Å². The van der Waals surface area contributed by atoms with Crippen LogP contribution < -0.4 is 9.47 Å². The Morgan fingerprint density at radius 2 is 2.08 bits per heavy atom. The number of hydrogen-bond acceptors (Lipinski definition) is 4. The summed E-state index contributed by atoms with van der Waals surface area (Å²) < 4.78 is 16.0. The van der Waals surface area contributed by atoms with E-state index in [-0.39, 0.29) is 12.7 Å². The number of hydrogen-bond donors (Lipinski definition) is 0. The lowest BCUT2D eigenvalue weighted by molar-refractivity contribution is 0.0511. The Balaban J connectivity index is 1.90. The molecule has 1 unspecified atom stereocenters. The van der Waals surface area contributed by atoms with E-state index in [0.29, 0.717) is 28.8 Å². The van der Waals surface area contributed by atoms with E-state index in [2.05, 4.69) is 18.2 Å². The minimum Gasteiger partial charge on any atom is -0.489 e. The van der Waals surface area contributed by atoms with Crippen LogP contribution in [0.15, 0.2) is 30.3 Å². The summed E-state index contributed by atoms with van der Waals surface area (Å²) in [6.45, 7) is 0.541. The number of rotatable bonds is 7. The molecule has 1 atom stereocenters. The van der Waals surface area contributed by atoms with Gasteiger partial charge in [-0.2, -0.15) is 5.26 Å². The SMILES string of the molecule is COCOc1ccc2c(c1)CCC2c1cc(Cl)c(OCCCl)c(C#N)c1. The second-order valence-electron chi connectivity index (χ2n) is 6.03. The Bertz CT molecular complexity index is 833. The number of alkyl halides is 1. The van der Waals surface area contributed by atoms with Crippen LogP contribution in [0.2, 0.25) is 5.02 Å². The molecule has 0 amide bonds. The summed E-state index contributed by atoms with van der Waals surface area (Å²) in [5.74, 6) is 1.74. The van der Waals surface area contributed by atoms with Crippen LogP contribution in [0.4, 0.5) is 0 Å². The van der Waals surface area contributed by atoms with E-state index in [1.807, 2.05) is 18.2 Å². The molecule has 4 nitrogen and oxygen atoms in total. The third kappa shape index (κ3) is 3.91. The highest BCUT2D eigenvalue weighted by molar-refractivity contribution is 6.32. The number of methoxy groups -OCH3 is 1. The molecule has 3 rings (SSSR count). The predicted octanol–water partition coefficient (Wildman–Crippen LogP) is 4.89. The number of aryl methyl sites for hydroxylation is 1. The van der Waals surface area contributed by atoms with Crippen molar-refractivity contribution in [3.8, 4) is 17.6 Å². The van der Waals surface area contributed by atoms with Gasteiger partial charge in [-0.1, -0.05) is 17.7 Å². The largest absolute Gasteiger partial charge is 0.489 e. The molecule has 0 saturated carbocycles. The molecule has 1 aliphatic carbocycles. The molecule has 1 aliphatic rings. The normalized spacial score (nSPS) is 15.4. The van der Waals surface area contributed by atoms with Crippen molar-refractivity contribution in [1.82, 2.24) is 0 Å². The van der Waals surface area contributed by atoms with Crippen molar-refractivity contribution in [2.45, 2.75) is 18.8 Å². The maximum atomic E-state index is 9.47. The van der Waals surface area contributed by atoms with E-state index >= 15 is 0 Å². The highest BCUT2D eigenvalue weighted by Gasteiger charge is 2.26. The predicted molar refractivity (Wildman–Crippen MR) is 101 cm³/mol. The number of halogens is 2. The summed E-state index contributed by atoms with van der Waals surface area (Å²) in [5.41, 5.74) is 3.95. The van der Waals surface area contributed by atoms with Crippen LogP contribution >= 0.6 is 23.2 Å². The van der Waals surface area contributed by atoms with Gasteiger partial charge < -0.3 is 14.2 Å². The third-order valence-corrected chi connectivity index (χ3v) is 4.88. The molecule has 0 bridgehead atoms. The molecule has 0 aliphatic heterocycles. The molecule has 0 aromatic heterocycles. The number of fused-ring (bicyclic) bond motifs is 1. The summed E-state index contributed by atoms with van der Waals surface area (Å²) in [4.78, 5) is 0. The second kappa shape index (κ2) is 8.64. The zero-order valence-corrected chi connectivity index (χ0v) is 15.9. The lowest BCUT2D eigenvalue weighted by Gasteiger charge is -2.16. The lowest BCUT2D eigenvalue weighted by Crippen LogP contribution is -2.03. The van der Waals surface area contributed by atoms with Crippen LogP contribution in [-0.2, 0) is 11.2 Å². The Morgan fingerprint density at radius 1 is 1.23 bits per heavy atom. The number of nitrogens with zero attached hydrogens (tertiary/aromatic N) is 1. The van der Waals surface area contributed by atoms with Crippen LogP contribution in [0.25, 0.3) is 0 Å². The Kier molecular flexibility index (Phi) is 6.26. The number of nitriles is 1. The van der Waals surface area contributed by atoms with Gasteiger partial charge in [-0.15, -0.1) is 11.6 Å². The topological polar surface area (TPSA) is 51.5 Å². The van der Waals surface area contributed by atoms with E-state index in [0.717, 1.165) is 24.2 Å². The average Bonchev–Trinajstić information content (AvgIpc) is 3.08. The van der Waals surface area contributed by atoms with E-state index in [1.54, 1.807) is 7.11 Å². The monoisotopic (exact) mass is 391 g/mol.